The summed E-state index contributed by atoms with van der Waals surface area (Å²) < 4.78 is 9.94. The number of amides is 1. The van der Waals surface area contributed by atoms with Gasteiger partial charge in [-0.25, -0.2) is 9.59 Å². The minimum Gasteiger partial charge on any atom is -0.463 e. The molecular weight excluding hydrogens is 294 g/mol. The number of fused-ring (bicyclic) bond motifs is 2. The summed E-state index contributed by atoms with van der Waals surface area (Å²) in [5.41, 5.74) is 0.679. The first-order valence-electron chi connectivity index (χ1n) is 8.47. The molecule has 1 saturated carbocycles. The fraction of sp³-hybridized carbons (Fsp3) is 0.667. The number of hydrogen-bond donors (Lipinski definition) is 0. The summed E-state index contributed by atoms with van der Waals surface area (Å²) in [5.74, 6) is 1.25. The van der Waals surface area contributed by atoms with Crippen LogP contribution < -0.4 is 0 Å². The molecule has 128 valence electrons. The van der Waals surface area contributed by atoms with Crippen molar-refractivity contribution < 1.29 is 19.1 Å². The molecule has 1 amide bonds. The van der Waals surface area contributed by atoms with Crippen molar-refractivity contribution in [2.24, 2.45) is 17.8 Å². The average molecular weight is 321 g/mol. The van der Waals surface area contributed by atoms with Crippen molar-refractivity contribution in [3.8, 4) is 0 Å². The summed E-state index contributed by atoms with van der Waals surface area (Å²) in [6.07, 6.45) is 7.26. The minimum atomic E-state index is -0.298. The van der Waals surface area contributed by atoms with Crippen LogP contribution in [-0.4, -0.2) is 36.7 Å². The number of esters is 1. The number of carbonyl (C=O) groups is 2. The molecule has 1 aliphatic carbocycles. The van der Waals surface area contributed by atoms with E-state index in [1.54, 1.807) is 4.90 Å². The Morgan fingerprint density at radius 1 is 1.26 bits per heavy atom. The van der Waals surface area contributed by atoms with Gasteiger partial charge in [-0.1, -0.05) is 19.1 Å². The minimum absolute atomic E-state index is 0.232. The Morgan fingerprint density at radius 2 is 1.91 bits per heavy atom. The Balaban J connectivity index is 1.99. The third-order valence-electron chi connectivity index (χ3n) is 5.01. The first-order chi connectivity index (χ1) is 11.1. The summed E-state index contributed by atoms with van der Waals surface area (Å²) in [6, 6.07) is 0. The Bertz CT molecular complexity index is 471. The Hall–Kier alpha value is -1.78. The molecule has 0 aromatic rings. The van der Waals surface area contributed by atoms with E-state index in [-0.39, 0.29) is 12.1 Å². The van der Waals surface area contributed by atoms with Gasteiger partial charge in [0.1, 0.15) is 0 Å². The maximum atomic E-state index is 11.9. The average Bonchev–Trinajstić information content (AvgIpc) is 2.52. The Morgan fingerprint density at radius 3 is 2.48 bits per heavy atom. The van der Waals surface area contributed by atoms with Crippen molar-refractivity contribution in [2.45, 2.75) is 39.5 Å². The lowest BCUT2D eigenvalue weighted by Crippen LogP contribution is -2.50. The Kier molecular flexibility index (Phi) is 6.25. The van der Waals surface area contributed by atoms with E-state index in [1.807, 2.05) is 19.9 Å². The van der Waals surface area contributed by atoms with Gasteiger partial charge in [0, 0.05) is 18.7 Å². The number of hydrogen-bond acceptors (Lipinski definition) is 4. The smallest absolute Gasteiger partial charge is 0.414 e. The van der Waals surface area contributed by atoms with Crippen LogP contribution in [-0.2, 0) is 14.3 Å². The Labute approximate surface area is 138 Å². The molecule has 2 unspecified atom stereocenters. The topological polar surface area (TPSA) is 55.8 Å². The van der Waals surface area contributed by atoms with E-state index in [9.17, 15) is 9.59 Å². The third kappa shape index (κ3) is 4.36. The summed E-state index contributed by atoms with van der Waals surface area (Å²) in [6.45, 7) is 8.94. The molecule has 2 rings (SSSR count). The van der Waals surface area contributed by atoms with Crippen LogP contribution in [0.2, 0.25) is 0 Å². The molecule has 1 aliphatic heterocycles. The normalized spacial score (nSPS) is 27.3. The zero-order valence-corrected chi connectivity index (χ0v) is 14.1. The number of likely N-dealkylation sites (tertiary alicyclic amines) is 1. The van der Waals surface area contributed by atoms with Gasteiger partial charge in [-0.15, -0.1) is 0 Å². The zero-order chi connectivity index (χ0) is 16.8. The molecule has 5 heteroatoms. The highest BCUT2D eigenvalue weighted by Crippen LogP contribution is 2.42. The fourth-order valence-electron chi connectivity index (χ4n) is 3.87. The number of carbonyl (C=O) groups excluding carboxylic acids is 2. The lowest BCUT2D eigenvalue weighted by Gasteiger charge is -2.46. The molecule has 5 nitrogen and oxygen atoms in total. The first kappa shape index (κ1) is 17.6. The molecule has 2 bridgehead atoms. The molecule has 2 aliphatic rings. The molecule has 1 heterocycles. The summed E-state index contributed by atoms with van der Waals surface area (Å²) in [4.78, 5) is 25.4. The van der Waals surface area contributed by atoms with Gasteiger partial charge in [-0.05, 0) is 50.9 Å². The van der Waals surface area contributed by atoms with Gasteiger partial charge in [0.2, 0.25) is 0 Å². The fourth-order valence-corrected chi connectivity index (χ4v) is 3.87. The van der Waals surface area contributed by atoms with E-state index in [0.717, 1.165) is 32.4 Å². The van der Waals surface area contributed by atoms with Crippen LogP contribution >= 0.6 is 0 Å². The second kappa shape index (κ2) is 8.18. The molecule has 0 aromatic carbocycles. The predicted octanol–water partition coefficient (Wildman–Crippen LogP) is 3.51. The number of ether oxygens (including phenoxy) is 2. The highest BCUT2D eigenvalue weighted by Gasteiger charge is 2.40. The van der Waals surface area contributed by atoms with Crippen molar-refractivity contribution in [2.75, 3.05) is 19.7 Å². The largest absolute Gasteiger partial charge is 0.463 e. The number of nitrogens with zero attached hydrogens (tertiary/aromatic N) is 1. The quantitative estimate of drug-likeness (QED) is 0.442. The molecule has 1 saturated heterocycles. The molecular formula is C18H27NO4. The maximum absolute atomic E-state index is 11.9. The van der Waals surface area contributed by atoms with E-state index >= 15 is 0 Å². The molecule has 0 N–H and O–H groups in total. The number of rotatable bonds is 5. The van der Waals surface area contributed by atoms with E-state index in [0.29, 0.717) is 29.9 Å². The van der Waals surface area contributed by atoms with Crippen LogP contribution in [0, 0.1) is 17.8 Å². The highest BCUT2D eigenvalue weighted by atomic mass is 16.5. The van der Waals surface area contributed by atoms with Gasteiger partial charge in [-0.3, -0.25) is 0 Å². The second-order valence-electron chi connectivity index (χ2n) is 6.41. The van der Waals surface area contributed by atoms with Crippen LogP contribution in [0.3, 0.4) is 0 Å². The van der Waals surface area contributed by atoms with E-state index in [1.165, 1.54) is 12.7 Å². The molecule has 2 atom stereocenters. The summed E-state index contributed by atoms with van der Waals surface area (Å²) in [7, 11) is 0. The van der Waals surface area contributed by atoms with Crippen LogP contribution in [0.15, 0.2) is 24.5 Å². The third-order valence-corrected chi connectivity index (χ3v) is 5.01. The van der Waals surface area contributed by atoms with Crippen molar-refractivity contribution >= 4 is 12.1 Å². The molecule has 0 spiro atoms. The van der Waals surface area contributed by atoms with Gasteiger partial charge in [0.05, 0.1) is 12.9 Å². The summed E-state index contributed by atoms with van der Waals surface area (Å²) >= 11 is 0. The van der Waals surface area contributed by atoms with Crippen LogP contribution in [0.1, 0.15) is 39.5 Å². The van der Waals surface area contributed by atoms with Crippen molar-refractivity contribution in [1.29, 1.82) is 0 Å². The second-order valence-corrected chi connectivity index (χ2v) is 6.41. The van der Waals surface area contributed by atoms with Gasteiger partial charge < -0.3 is 14.4 Å². The van der Waals surface area contributed by atoms with Gasteiger partial charge in [0.25, 0.3) is 0 Å². The summed E-state index contributed by atoms with van der Waals surface area (Å²) in [5, 5.41) is 0. The lowest BCUT2D eigenvalue weighted by molar-refractivity contribution is -0.138. The van der Waals surface area contributed by atoms with Crippen molar-refractivity contribution in [3.63, 3.8) is 0 Å². The van der Waals surface area contributed by atoms with Crippen LogP contribution in [0.5, 0.6) is 0 Å². The molecule has 0 aromatic heterocycles. The monoisotopic (exact) mass is 321 g/mol. The van der Waals surface area contributed by atoms with E-state index < -0.39 is 0 Å². The van der Waals surface area contributed by atoms with Gasteiger partial charge in [0.15, 0.2) is 0 Å². The standard InChI is InChI=1S/C18H27NO4/c1-4-22-17(20)13(3)9-10-16-14-7-6-8-15(16)12-19(11-14)18(21)23-5-2/h5,9,14-16H,2,4,6-8,10-12H2,1,3H3/b13-9+. The zero-order valence-electron chi connectivity index (χ0n) is 14.1. The number of piperidine rings is 1. The number of allylic oxidation sites excluding steroid dienone is 1. The van der Waals surface area contributed by atoms with Gasteiger partial charge >= 0.3 is 12.1 Å². The van der Waals surface area contributed by atoms with Crippen molar-refractivity contribution in [3.05, 3.63) is 24.5 Å². The van der Waals surface area contributed by atoms with E-state index in [4.69, 9.17) is 9.47 Å². The maximum Gasteiger partial charge on any atom is 0.414 e. The van der Waals surface area contributed by atoms with Gasteiger partial charge in [-0.2, -0.15) is 0 Å². The van der Waals surface area contributed by atoms with Crippen LogP contribution in [0.25, 0.3) is 0 Å². The lowest BCUT2D eigenvalue weighted by atomic mass is 9.67. The SMILES string of the molecule is C=COC(=O)N1CC2CCCC(C1)C2C/C=C(\C)C(=O)OCC. The predicted molar refractivity (Wildman–Crippen MR) is 87.6 cm³/mol. The molecule has 0 radical (unpaired) electrons. The molecule has 23 heavy (non-hydrogen) atoms. The highest BCUT2D eigenvalue weighted by molar-refractivity contribution is 5.87. The van der Waals surface area contributed by atoms with Crippen LogP contribution in [0.4, 0.5) is 4.79 Å². The first-order valence-corrected chi connectivity index (χ1v) is 8.47. The van der Waals surface area contributed by atoms with Crippen molar-refractivity contribution in [1.82, 2.24) is 4.90 Å². The molecule has 2 fully saturated rings. The van der Waals surface area contributed by atoms with E-state index in [2.05, 4.69) is 6.58 Å².